The summed E-state index contributed by atoms with van der Waals surface area (Å²) in [5.41, 5.74) is 0.473. The molecule has 0 aliphatic heterocycles. The second-order valence-electron chi connectivity index (χ2n) is 4.03. The van der Waals surface area contributed by atoms with Gasteiger partial charge in [-0.3, -0.25) is 10.1 Å². The molecular weight excluding hydrogens is 274 g/mol. The highest BCUT2D eigenvalue weighted by atomic mass is 16.6. The second kappa shape index (κ2) is 6.29. The van der Waals surface area contributed by atoms with Crippen LogP contribution < -0.4 is 5.32 Å². The first kappa shape index (κ1) is 14.2. The number of carboxylic acid groups (broad SMARTS) is 1. The number of hydrogen-bond donors (Lipinski definition) is 2. The maximum Gasteiger partial charge on any atom is 0.337 e. The van der Waals surface area contributed by atoms with E-state index < -0.39 is 10.9 Å². The van der Waals surface area contributed by atoms with Crippen molar-refractivity contribution >= 4 is 23.0 Å². The van der Waals surface area contributed by atoms with E-state index in [0.717, 1.165) is 6.20 Å². The fourth-order valence-corrected chi connectivity index (χ4v) is 1.61. The lowest BCUT2D eigenvalue weighted by molar-refractivity contribution is -0.385. The van der Waals surface area contributed by atoms with Gasteiger partial charge in [0.15, 0.2) is 0 Å². The van der Waals surface area contributed by atoms with Crippen molar-refractivity contribution < 1.29 is 14.8 Å². The molecule has 0 aliphatic rings. The Hall–Kier alpha value is -3.22. The van der Waals surface area contributed by atoms with Crippen LogP contribution in [0.4, 0.5) is 11.5 Å². The van der Waals surface area contributed by atoms with Gasteiger partial charge in [0.05, 0.1) is 10.5 Å². The van der Waals surface area contributed by atoms with Gasteiger partial charge in [-0.05, 0) is 11.6 Å². The molecule has 0 atom stereocenters. The third-order valence-corrected chi connectivity index (χ3v) is 2.64. The molecular formula is C14H11N3O4. The molecule has 1 heterocycles. The summed E-state index contributed by atoms with van der Waals surface area (Å²) in [7, 11) is 0. The Morgan fingerprint density at radius 3 is 2.48 bits per heavy atom. The number of pyridine rings is 1. The summed E-state index contributed by atoms with van der Waals surface area (Å²) >= 11 is 0. The number of nitrogens with zero attached hydrogens (tertiary/aromatic N) is 2. The highest BCUT2D eigenvalue weighted by Gasteiger charge is 2.10. The molecule has 0 unspecified atom stereocenters. The molecule has 21 heavy (non-hydrogen) atoms. The number of rotatable bonds is 5. The van der Waals surface area contributed by atoms with Crippen LogP contribution in [-0.2, 0) is 4.79 Å². The number of anilines is 1. The summed E-state index contributed by atoms with van der Waals surface area (Å²) in [6.45, 7) is 0. The standard InChI is InChI=1S/C14H11N3O4/c18-14(19)12(10-4-2-1-3-5-10)9-16-13-7-6-11(8-15-13)17(20)21/h1-9H,(H,15,16)(H,18,19)/b12-9-. The first-order valence-electron chi connectivity index (χ1n) is 5.94. The average Bonchev–Trinajstić information content (AvgIpc) is 2.48. The minimum Gasteiger partial charge on any atom is -0.478 e. The van der Waals surface area contributed by atoms with E-state index in [9.17, 15) is 20.0 Å². The molecule has 0 aliphatic carbocycles. The average molecular weight is 285 g/mol. The molecule has 0 bridgehead atoms. The summed E-state index contributed by atoms with van der Waals surface area (Å²) < 4.78 is 0. The lowest BCUT2D eigenvalue weighted by atomic mass is 10.1. The number of aliphatic carboxylic acids is 1. The Labute approximate surface area is 119 Å². The number of nitro groups is 1. The number of benzene rings is 1. The third kappa shape index (κ3) is 3.63. The van der Waals surface area contributed by atoms with E-state index in [1.165, 1.54) is 18.3 Å². The minimum atomic E-state index is -1.09. The van der Waals surface area contributed by atoms with Crippen LogP contribution in [0.15, 0.2) is 54.9 Å². The smallest absolute Gasteiger partial charge is 0.337 e. The zero-order chi connectivity index (χ0) is 15.2. The fraction of sp³-hybridized carbons (Fsp3) is 0. The van der Waals surface area contributed by atoms with Crippen LogP contribution in [0.3, 0.4) is 0 Å². The minimum absolute atomic E-state index is 0.0655. The van der Waals surface area contributed by atoms with E-state index in [1.807, 2.05) is 0 Å². The topological polar surface area (TPSA) is 105 Å². The molecule has 2 rings (SSSR count). The lowest BCUT2D eigenvalue weighted by Crippen LogP contribution is -2.03. The first-order chi connectivity index (χ1) is 10.1. The molecule has 1 aromatic carbocycles. The van der Waals surface area contributed by atoms with Gasteiger partial charge >= 0.3 is 5.97 Å². The van der Waals surface area contributed by atoms with Gasteiger partial charge in [0.25, 0.3) is 5.69 Å². The van der Waals surface area contributed by atoms with Crippen LogP contribution in [0.2, 0.25) is 0 Å². The van der Waals surface area contributed by atoms with Gasteiger partial charge in [-0.25, -0.2) is 9.78 Å². The largest absolute Gasteiger partial charge is 0.478 e. The summed E-state index contributed by atoms with van der Waals surface area (Å²) in [4.78, 5) is 25.0. The van der Waals surface area contributed by atoms with Crippen LogP contribution in [0, 0.1) is 10.1 Å². The van der Waals surface area contributed by atoms with Crippen molar-refractivity contribution in [2.75, 3.05) is 5.32 Å². The van der Waals surface area contributed by atoms with E-state index in [-0.39, 0.29) is 11.3 Å². The van der Waals surface area contributed by atoms with Gasteiger partial charge in [0.2, 0.25) is 0 Å². The van der Waals surface area contributed by atoms with E-state index >= 15 is 0 Å². The van der Waals surface area contributed by atoms with Gasteiger partial charge in [0.1, 0.15) is 12.0 Å². The number of carbonyl (C=O) groups is 1. The van der Waals surface area contributed by atoms with Crippen LogP contribution in [0.25, 0.3) is 5.57 Å². The van der Waals surface area contributed by atoms with Crippen LogP contribution in [0.5, 0.6) is 0 Å². The molecule has 0 saturated heterocycles. The van der Waals surface area contributed by atoms with E-state index in [0.29, 0.717) is 11.4 Å². The molecule has 0 radical (unpaired) electrons. The quantitative estimate of drug-likeness (QED) is 0.497. The van der Waals surface area contributed by atoms with Crippen molar-refractivity contribution in [3.05, 3.63) is 70.5 Å². The zero-order valence-electron chi connectivity index (χ0n) is 10.8. The highest BCUT2D eigenvalue weighted by molar-refractivity contribution is 6.15. The Morgan fingerprint density at radius 2 is 1.95 bits per heavy atom. The first-order valence-corrected chi connectivity index (χ1v) is 5.94. The Bertz CT molecular complexity index is 681. The molecule has 0 spiro atoms. The van der Waals surface area contributed by atoms with Gasteiger partial charge in [-0.2, -0.15) is 0 Å². The fourth-order valence-electron chi connectivity index (χ4n) is 1.61. The monoisotopic (exact) mass is 285 g/mol. The number of nitrogens with one attached hydrogen (secondary N) is 1. The Morgan fingerprint density at radius 1 is 1.24 bits per heavy atom. The van der Waals surface area contributed by atoms with E-state index in [1.54, 1.807) is 30.3 Å². The molecule has 106 valence electrons. The molecule has 1 aromatic heterocycles. The molecule has 0 saturated carbocycles. The molecule has 2 N–H and O–H groups in total. The van der Waals surface area contributed by atoms with Gasteiger partial charge < -0.3 is 10.4 Å². The van der Waals surface area contributed by atoms with Crippen molar-refractivity contribution in [3.8, 4) is 0 Å². The second-order valence-corrected chi connectivity index (χ2v) is 4.03. The number of carboxylic acids is 1. The van der Waals surface area contributed by atoms with Crippen molar-refractivity contribution in [2.24, 2.45) is 0 Å². The molecule has 0 fully saturated rings. The maximum atomic E-state index is 11.2. The predicted molar refractivity (Wildman–Crippen MR) is 76.6 cm³/mol. The van der Waals surface area contributed by atoms with Gasteiger partial charge in [-0.1, -0.05) is 30.3 Å². The summed E-state index contributed by atoms with van der Waals surface area (Å²) in [5, 5.41) is 22.4. The number of aromatic nitrogens is 1. The van der Waals surface area contributed by atoms with Crippen molar-refractivity contribution in [1.29, 1.82) is 0 Å². The molecule has 7 heteroatoms. The SMILES string of the molecule is O=C(O)/C(=C\Nc1ccc([N+](=O)[O-])cn1)c1ccccc1. The van der Waals surface area contributed by atoms with Crippen LogP contribution in [-0.4, -0.2) is 21.0 Å². The van der Waals surface area contributed by atoms with Crippen LogP contribution >= 0.6 is 0 Å². The Balaban J connectivity index is 2.21. The molecule has 2 aromatic rings. The van der Waals surface area contributed by atoms with Crippen LogP contribution in [0.1, 0.15) is 5.56 Å². The Kier molecular flexibility index (Phi) is 4.25. The molecule has 0 amide bonds. The maximum absolute atomic E-state index is 11.2. The summed E-state index contributed by atoms with van der Waals surface area (Å²) in [6, 6.07) is 11.3. The van der Waals surface area contributed by atoms with E-state index in [2.05, 4.69) is 10.3 Å². The van der Waals surface area contributed by atoms with Gasteiger partial charge in [-0.15, -0.1) is 0 Å². The third-order valence-electron chi connectivity index (χ3n) is 2.64. The highest BCUT2D eigenvalue weighted by Crippen LogP contribution is 2.16. The van der Waals surface area contributed by atoms with Gasteiger partial charge in [0, 0.05) is 12.3 Å². The van der Waals surface area contributed by atoms with Crippen molar-refractivity contribution in [1.82, 2.24) is 4.98 Å². The lowest BCUT2D eigenvalue weighted by Gasteiger charge is -2.04. The zero-order valence-corrected chi connectivity index (χ0v) is 10.8. The summed E-state index contributed by atoms with van der Waals surface area (Å²) in [6.07, 6.45) is 2.39. The predicted octanol–water partition coefficient (Wildman–Crippen LogP) is 2.53. The van der Waals surface area contributed by atoms with Crippen molar-refractivity contribution in [2.45, 2.75) is 0 Å². The van der Waals surface area contributed by atoms with E-state index in [4.69, 9.17) is 0 Å². The van der Waals surface area contributed by atoms with Crippen molar-refractivity contribution in [3.63, 3.8) is 0 Å². The molecule has 7 nitrogen and oxygen atoms in total. The summed E-state index contributed by atoms with van der Waals surface area (Å²) in [5.74, 6) is -0.772. The normalized spacial score (nSPS) is 11.0. The number of hydrogen-bond acceptors (Lipinski definition) is 5.